The fourth-order valence-electron chi connectivity index (χ4n) is 2.00. The number of anilines is 1. The number of nitrogens with one attached hydrogen (secondary N) is 1. The van der Waals surface area contributed by atoms with Gasteiger partial charge in [-0.1, -0.05) is 6.07 Å². The molecule has 1 N–H and O–H groups in total. The first-order valence-electron chi connectivity index (χ1n) is 8.05. The minimum Gasteiger partial charge on any atom is -0.497 e. The fraction of sp³-hybridized carbons (Fsp3) is 0.368. The average Bonchev–Trinajstić information content (AvgIpc) is 2.58. The Kier molecular flexibility index (Phi) is 6.36. The van der Waals surface area contributed by atoms with E-state index in [1.807, 2.05) is 32.9 Å². The molecule has 6 heteroatoms. The molecule has 0 saturated heterocycles. The molecule has 1 amide bonds. The highest BCUT2D eigenvalue weighted by atomic mass is 16.5. The zero-order valence-electron chi connectivity index (χ0n) is 15.0. The maximum atomic E-state index is 12.2. The van der Waals surface area contributed by atoms with Crippen molar-refractivity contribution in [1.82, 2.24) is 4.98 Å². The molecule has 1 heterocycles. The van der Waals surface area contributed by atoms with Crippen molar-refractivity contribution in [3.05, 3.63) is 48.2 Å². The van der Waals surface area contributed by atoms with Gasteiger partial charge in [-0.15, -0.1) is 0 Å². The van der Waals surface area contributed by atoms with E-state index in [1.165, 1.54) is 6.20 Å². The Hall–Kier alpha value is -2.60. The largest absolute Gasteiger partial charge is 0.497 e. The van der Waals surface area contributed by atoms with Gasteiger partial charge >= 0.3 is 0 Å². The van der Waals surface area contributed by atoms with Gasteiger partial charge in [0.1, 0.15) is 12.4 Å². The summed E-state index contributed by atoms with van der Waals surface area (Å²) in [6.07, 6.45) is 1.48. The second-order valence-corrected chi connectivity index (χ2v) is 6.38. The van der Waals surface area contributed by atoms with Crippen LogP contribution in [0.15, 0.2) is 42.6 Å². The lowest BCUT2D eigenvalue weighted by Crippen LogP contribution is -2.22. The molecule has 0 aliphatic rings. The molecule has 0 unspecified atom stereocenters. The van der Waals surface area contributed by atoms with Gasteiger partial charge < -0.3 is 19.5 Å². The fourth-order valence-corrected chi connectivity index (χ4v) is 2.00. The summed E-state index contributed by atoms with van der Waals surface area (Å²) >= 11 is 0. The van der Waals surface area contributed by atoms with Crippen molar-refractivity contribution in [1.29, 1.82) is 0 Å². The normalized spacial score (nSPS) is 11.0. The number of carbonyl (C=O) groups excluding carboxylic acids is 1. The van der Waals surface area contributed by atoms with Gasteiger partial charge in [0.05, 0.1) is 24.9 Å². The molecule has 134 valence electrons. The van der Waals surface area contributed by atoms with Crippen LogP contribution in [0.5, 0.6) is 11.6 Å². The summed E-state index contributed by atoms with van der Waals surface area (Å²) in [5.74, 6) is 0.885. The van der Waals surface area contributed by atoms with Crippen molar-refractivity contribution in [2.24, 2.45) is 0 Å². The summed E-state index contributed by atoms with van der Waals surface area (Å²) < 4.78 is 16.2. The Balaban J connectivity index is 1.87. The van der Waals surface area contributed by atoms with Crippen LogP contribution in [0.2, 0.25) is 0 Å². The number of amides is 1. The standard InChI is InChI=1S/C19H24N2O4/c1-19(2,3)25-11-10-24-17-9-8-14(13-20-17)18(22)21-15-6-5-7-16(12-15)23-4/h5-9,12-13H,10-11H2,1-4H3,(H,21,22). The quantitative estimate of drug-likeness (QED) is 0.778. The Morgan fingerprint density at radius 3 is 2.60 bits per heavy atom. The molecular weight excluding hydrogens is 320 g/mol. The summed E-state index contributed by atoms with van der Waals surface area (Å²) in [6.45, 7) is 6.84. The van der Waals surface area contributed by atoms with Gasteiger partial charge in [0.15, 0.2) is 0 Å². The number of hydrogen-bond donors (Lipinski definition) is 1. The minimum atomic E-state index is -0.247. The molecule has 0 spiro atoms. The zero-order valence-corrected chi connectivity index (χ0v) is 15.0. The number of methoxy groups -OCH3 is 1. The van der Waals surface area contributed by atoms with E-state index in [9.17, 15) is 4.79 Å². The van der Waals surface area contributed by atoms with Crippen LogP contribution >= 0.6 is 0 Å². The number of nitrogens with zero attached hydrogens (tertiary/aromatic N) is 1. The lowest BCUT2D eigenvalue weighted by molar-refractivity contribution is -0.0168. The van der Waals surface area contributed by atoms with Crippen molar-refractivity contribution in [3.63, 3.8) is 0 Å². The Morgan fingerprint density at radius 2 is 1.96 bits per heavy atom. The molecule has 2 rings (SSSR count). The molecule has 0 fully saturated rings. The first-order chi connectivity index (χ1) is 11.9. The van der Waals surface area contributed by atoms with E-state index in [1.54, 1.807) is 31.4 Å². The van der Waals surface area contributed by atoms with E-state index in [0.717, 1.165) is 0 Å². The van der Waals surface area contributed by atoms with Gasteiger partial charge in [0.25, 0.3) is 5.91 Å². The smallest absolute Gasteiger partial charge is 0.257 e. The molecular formula is C19H24N2O4. The van der Waals surface area contributed by atoms with Gasteiger partial charge in [0.2, 0.25) is 5.88 Å². The Labute approximate surface area is 148 Å². The Morgan fingerprint density at radius 1 is 1.16 bits per heavy atom. The average molecular weight is 344 g/mol. The van der Waals surface area contributed by atoms with Crippen LogP contribution in [-0.4, -0.2) is 36.8 Å². The predicted molar refractivity (Wildman–Crippen MR) is 96.4 cm³/mol. The highest BCUT2D eigenvalue weighted by Gasteiger charge is 2.10. The van der Waals surface area contributed by atoms with Crippen molar-refractivity contribution in [3.8, 4) is 11.6 Å². The monoisotopic (exact) mass is 344 g/mol. The molecule has 0 bridgehead atoms. The van der Waals surface area contributed by atoms with Gasteiger partial charge in [-0.3, -0.25) is 4.79 Å². The van der Waals surface area contributed by atoms with Crippen molar-refractivity contribution < 1.29 is 19.0 Å². The van der Waals surface area contributed by atoms with Crippen molar-refractivity contribution in [2.75, 3.05) is 25.6 Å². The van der Waals surface area contributed by atoms with Crippen LogP contribution in [0.1, 0.15) is 31.1 Å². The zero-order chi connectivity index (χ0) is 18.3. The van der Waals surface area contributed by atoms with Gasteiger partial charge in [-0.25, -0.2) is 4.98 Å². The van der Waals surface area contributed by atoms with Crippen LogP contribution in [0, 0.1) is 0 Å². The van der Waals surface area contributed by atoms with E-state index in [2.05, 4.69) is 10.3 Å². The van der Waals surface area contributed by atoms with Gasteiger partial charge in [-0.05, 0) is 39.0 Å². The van der Waals surface area contributed by atoms with Crippen molar-refractivity contribution in [2.45, 2.75) is 26.4 Å². The summed E-state index contributed by atoms with van der Waals surface area (Å²) in [6, 6.07) is 10.5. The van der Waals surface area contributed by atoms with Crippen molar-refractivity contribution >= 4 is 11.6 Å². The third-order valence-electron chi connectivity index (χ3n) is 3.19. The summed E-state index contributed by atoms with van der Waals surface area (Å²) in [7, 11) is 1.58. The van der Waals surface area contributed by atoms with E-state index in [-0.39, 0.29) is 11.5 Å². The number of pyridine rings is 1. The number of benzene rings is 1. The van der Waals surface area contributed by atoms with E-state index < -0.39 is 0 Å². The summed E-state index contributed by atoms with van der Waals surface area (Å²) in [5, 5.41) is 2.80. The highest BCUT2D eigenvalue weighted by Crippen LogP contribution is 2.18. The first-order valence-corrected chi connectivity index (χ1v) is 8.05. The second-order valence-electron chi connectivity index (χ2n) is 6.38. The second kappa shape index (κ2) is 8.48. The molecule has 0 saturated carbocycles. The van der Waals surface area contributed by atoms with Gasteiger partial charge in [0, 0.05) is 24.0 Å². The number of aromatic nitrogens is 1. The molecule has 0 aliphatic carbocycles. The van der Waals surface area contributed by atoms with Crippen LogP contribution in [0.3, 0.4) is 0 Å². The van der Waals surface area contributed by atoms with E-state index in [4.69, 9.17) is 14.2 Å². The number of hydrogen-bond acceptors (Lipinski definition) is 5. The van der Waals surface area contributed by atoms with Crippen LogP contribution in [0.25, 0.3) is 0 Å². The molecule has 2 aromatic rings. The molecule has 1 aromatic carbocycles. The summed E-state index contributed by atoms with van der Waals surface area (Å²) in [5.41, 5.74) is 0.906. The topological polar surface area (TPSA) is 69.7 Å². The molecule has 0 atom stereocenters. The van der Waals surface area contributed by atoms with Crippen LogP contribution in [0.4, 0.5) is 5.69 Å². The van der Waals surface area contributed by atoms with Gasteiger partial charge in [-0.2, -0.15) is 0 Å². The number of carbonyl (C=O) groups is 1. The van der Waals surface area contributed by atoms with E-state index in [0.29, 0.717) is 36.1 Å². The molecule has 0 aliphatic heterocycles. The Bertz CT molecular complexity index is 693. The number of ether oxygens (including phenoxy) is 3. The maximum absolute atomic E-state index is 12.2. The predicted octanol–water partition coefficient (Wildman–Crippen LogP) is 3.54. The van der Waals surface area contributed by atoms with E-state index >= 15 is 0 Å². The maximum Gasteiger partial charge on any atom is 0.257 e. The van der Waals surface area contributed by atoms with Crippen LogP contribution < -0.4 is 14.8 Å². The molecule has 1 aromatic heterocycles. The highest BCUT2D eigenvalue weighted by molar-refractivity contribution is 6.04. The first kappa shape index (κ1) is 18.7. The lowest BCUT2D eigenvalue weighted by atomic mass is 10.2. The molecule has 6 nitrogen and oxygen atoms in total. The minimum absolute atomic E-state index is 0.196. The third kappa shape index (κ3) is 6.43. The third-order valence-corrected chi connectivity index (χ3v) is 3.19. The molecule has 0 radical (unpaired) electrons. The SMILES string of the molecule is COc1cccc(NC(=O)c2ccc(OCCOC(C)(C)C)nc2)c1. The lowest BCUT2D eigenvalue weighted by Gasteiger charge is -2.19. The summed E-state index contributed by atoms with van der Waals surface area (Å²) in [4.78, 5) is 16.4. The van der Waals surface area contributed by atoms with Crippen LogP contribution in [-0.2, 0) is 4.74 Å². The number of rotatable bonds is 7. The molecule has 25 heavy (non-hydrogen) atoms.